The Morgan fingerprint density at radius 3 is 0.861 bits per heavy atom. The molecule has 40 nitrogen and oxygen atoms in total. The van der Waals surface area contributed by atoms with Crippen LogP contribution in [0, 0.1) is 5.21 Å². The number of carbonyl (C=O) groups is 2. The van der Waals surface area contributed by atoms with Gasteiger partial charge >= 0.3 is 0 Å². The van der Waals surface area contributed by atoms with Gasteiger partial charge < -0.3 is 184 Å². The van der Waals surface area contributed by atoms with Crippen LogP contribution in [0.5, 0.6) is 0 Å². The maximum absolute atomic E-state index is 14.1. The van der Waals surface area contributed by atoms with Crippen LogP contribution in [-0.2, 0) is 75.9 Å². The molecule has 2 amide bonds. The second-order valence-electron chi connectivity index (χ2n) is 27.0. The first-order valence-electron chi connectivity index (χ1n) is 34.5. The van der Waals surface area contributed by atoms with E-state index in [1.165, 1.54) is 25.5 Å². The molecule has 0 saturated carbocycles. The molecule has 0 radical (unpaired) electrons. The lowest BCUT2D eigenvalue weighted by atomic mass is 9.90. The zero-order valence-corrected chi connectivity index (χ0v) is 55.5. The lowest BCUT2D eigenvalue weighted by Crippen LogP contribution is -2.68. The van der Waals surface area contributed by atoms with E-state index in [0.717, 1.165) is 38.5 Å². The van der Waals surface area contributed by atoms with Crippen molar-refractivity contribution in [3.8, 4) is 0 Å². The summed E-state index contributed by atoms with van der Waals surface area (Å²) in [5.74, 6) is -1.69. The minimum Gasteiger partial charge on any atom is -0.623 e. The van der Waals surface area contributed by atoms with Gasteiger partial charge in [0.2, 0.25) is 5.91 Å². The standard InChI is InChI=1S/C61H103N3O37/c1-2-3-4-5-6-7-8-9-10-11-14-62-60(86)61(13-12-15-64(61)87)16-31(71)63-17-24-46-32(72)39(79)53(88-24)96-47-25(18-65)90-55(41(81)34(47)74)98-49-27(20-67)92-57(43(83)36(49)76)100-51-29(22-69)94-59(45(85)38(51)78)101-52-30(23-70)93-58(44(84)37(52)77)99-50-28(21-68)91-56(42(82)35(50)75)97-48-26(19-66)89-54(95-46)40(80)33(48)73/h15,24-30,32-59,65-70,72-85H,2-14,16-23H2,1H3,(H,62,86)(H,63,71)/t24-,25-,26-,27-,28-,29-,30-,32-,33-,34-,35-,36-,37-,38-,39-,40-,41-,42-,43-,44-,45-,46-,47-,48-,49-,50-,51-,52-,53-,54-,55-,56-,57-,58-,59-,61?/m1/s1. The van der Waals surface area contributed by atoms with Gasteiger partial charge in [-0.15, -0.1) is 0 Å². The van der Waals surface area contributed by atoms with Crippen molar-refractivity contribution in [2.24, 2.45) is 0 Å². The highest BCUT2D eigenvalue weighted by molar-refractivity contribution is 5.92. The van der Waals surface area contributed by atoms with Crippen LogP contribution in [0.15, 0.2) is 0 Å². The number of rotatable bonds is 22. The van der Waals surface area contributed by atoms with Crippen molar-refractivity contribution >= 4 is 18.0 Å². The number of hydroxylamine groups is 1. The Kier molecular flexibility index (Phi) is 30.3. The van der Waals surface area contributed by atoms with Crippen molar-refractivity contribution in [2.45, 2.75) is 311 Å². The van der Waals surface area contributed by atoms with Gasteiger partial charge in [-0.05, 0) is 6.42 Å². The largest absolute Gasteiger partial charge is 0.623 e. The molecule has 1 unspecified atom stereocenters. The summed E-state index contributed by atoms with van der Waals surface area (Å²) in [5, 5.41) is 244. The number of unbranched alkanes of at least 4 members (excludes halogenated alkanes) is 9. The lowest BCUT2D eigenvalue weighted by Gasteiger charge is -2.50. The molecule has 22 rings (SSSR count). The zero-order chi connectivity index (χ0) is 73.3. The smallest absolute Gasteiger partial charge is 0.293 e. The van der Waals surface area contributed by atoms with Crippen LogP contribution in [0.2, 0.25) is 0 Å². The van der Waals surface area contributed by atoms with Crippen molar-refractivity contribution in [3.05, 3.63) is 5.21 Å². The number of hydrogen-bond acceptors (Lipinski definition) is 37. The van der Waals surface area contributed by atoms with E-state index in [1.54, 1.807) is 0 Å². The Bertz CT molecular complexity index is 2570. The van der Waals surface area contributed by atoms with Crippen LogP contribution in [0.25, 0.3) is 0 Å². The Labute approximate surface area is 578 Å². The van der Waals surface area contributed by atoms with Crippen molar-refractivity contribution in [3.63, 3.8) is 0 Å². The number of ether oxygens (including phenoxy) is 14. The lowest BCUT2D eigenvalue weighted by molar-refractivity contribution is -0.518. The molecule has 40 heteroatoms. The predicted molar refractivity (Wildman–Crippen MR) is 325 cm³/mol. The maximum atomic E-state index is 14.1. The molecular weight excluding hydrogens is 1370 g/mol. The number of amides is 2. The van der Waals surface area contributed by atoms with Gasteiger partial charge in [0.25, 0.3) is 11.4 Å². The summed E-state index contributed by atoms with van der Waals surface area (Å²) in [6, 6.07) is 0. The number of hydrogen-bond donors (Lipinski definition) is 22. The van der Waals surface area contributed by atoms with E-state index in [-0.39, 0.29) is 19.4 Å². The Morgan fingerprint density at radius 2 is 0.614 bits per heavy atom. The first kappa shape index (κ1) is 82.1. The fourth-order valence-electron chi connectivity index (χ4n) is 14.1. The van der Waals surface area contributed by atoms with E-state index in [4.69, 9.17) is 66.3 Å². The van der Waals surface area contributed by atoms with Gasteiger partial charge in [0.05, 0.1) is 39.6 Å². The van der Waals surface area contributed by atoms with E-state index in [2.05, 4.69) is 17.6 Å². The van der Waals surface area contributed by atoms with E-state index >= 15 is 0 Å². The van der Waals surface area contributed by atoms with Crippen LogP contribution in [0.1, 0.15) is 90.4 Å². The van der Waals surface area contributed by atoms with Crippen LogP contribution in [0.3, 0.4) is 0 Å². The SMILES string of the molecule is CCCCCCCCCCCCNC(=O)C1(CC(=O)NC[C@H]2O[C@@H]3O[C@H]4[C@H](O)[C@@H](O)[C@@H](O[C@H]5[C@H](O)[C@@H](O)[C@@H](O[C@H]6[C@H](O)[C@@H](O)[C@@H](O[C@H]7[C@H](O)[C@@H](O)[C@@H](O[C@H]8[C@H](O)[C@@H](O)[C@@H](O[C@H]9[C@H](O)[C@@H](O)[C@@H](O[C@H]2[C@H](O)[C@H]3O)O[C@@H]9CO)O[C@@H]8CO)O[C@@H]7CO)O[C@@H]6CO)O[C@@H]5CO)O[C@@H]4CO)CCC=[N+]1[O-]. The maximum Gasteiger partial charge on any atom is 0.293 e. The Hall–Kier alpha value is -2.95. The normalized spacial score (nSPS) is 47.1. The summed E-state index contributed by atoms with van der Waals surface area (Å²) in [5.41, 5.74) is -1.94. The monoisotopic (exact) mass is 1470 g/mol. The second kappa shape index (κ2) is 37.2. The Balaban J connectivity index is 0.975. The van der Waals surface area contributed by atoms with Crippen LogP contribution in [-0.4, -0.2) is 398 Å². The van der Waals surface area contributed by atoms with E-state index in [0.29, 0.717) is 11.2 Å². The summed E-state index contributed by atoms with van der Waals surface area (Å²) >= 11 is 0. The molecule has 584 valence electrons. The molecule has 22 N–H and O–H groups in total. The van der Waals surface area contributed by atoms with Crippen LogP contribution < -0.4 is 10.6 Å². The summed E-state index contributed by atoms with van der Waals surface area (Å²) in [4.78, 5) is 28.0. The zero-order valence-electron chi connectivity index (χ0n) is 55.5. The molecule has 36 atom stereocenters. The highest BCUT2D eigenvalue weighted by atomic mass is 16.8. The number of nitrogens with zero attached hydrogens (tertiary/aromatic N) is 1. The molecule has 21 saturated heterocycles. The molecule has 0 aliphatic carbocycles. The van der Waals surface area contributed by atoms with Gasteiger partial charge in [-0.2, -0.15) is 0 Å². The number of aliphatic hydroxyl groups excluding tert-OH is 20. The fraction of sp³-hybridized carbons (Fsp3) is 0.951. The van der Waals surface area contributed by atoms with Crippen molar-refractivity contribution in [1.29, 1.82) is 0 Å². The molecule has 22 heterocycles. The van der Waals surface area contributed by atoms with Crippen LogP contribution >= 0.6 is 0 Å². The highest BCUT2D eigenvalue weighted by Crippen LogP contribution is 2.40. The van der Waals surface area contributed by atoms with Crippen molar-refractivity contribution in [2.75, 3.05) is 52.7 Å². The number of aliphatic hydroxyl groups is 20. The average molecular weight is 1470 g/mol. The van der Waals surface area contributed by atoms with Crippen molar-refractivity contribution in [1.82, 2.24) is 10.6 Å². The molecule has 22 aliphatic rings. The molecule has 0 spiro atoms. The molecule has 21 fully saturated rings. The van der Waals surface area contributed by atoms with E-state index < -0.39 is 285 Å². The van der Waals surface area contributed by atoms with Gasteiger partial charge in [0.15, 0.2) is 50.2 Å². The molecule has 0 aromatic heterocycles. The average Bonchev–Trinajstić information content (AvgIpc) is 1.78. The van der Waals surface area contributed by atoms with E-state index in [1.807, 2.05) is 0 Å². The highest BCUT2D eigenvalue weighted by Gasteiger charge is 2.60. The topological polar surface area (TPSA) is 618 Å². The molecule has 0 aromatic rings. The van der Waals surface area contributed by atoms with Gasteiger partial charge in [-0.3, -0.25) is 9.59 Å². The first-order valence-corrected chi connectivity index (χ1v) is 34.5. The summed E-state index contributed by atoms with van der Waals surface area (Å²) in [6.07, 6.45) is -62.1. The molecule has 101 heavy (non-hydrogen) atoms. The fourth-order valence-corrected chi connectivity index (χ4v) is 14.1. The minimum absolute atomic E-state index is 0.0823. The second-order valence-corrected chi connectivity index (χ2v) is 27.0. The molecular formula is C61H103N3O37. The van der Waals surface area contributed by atoms with E-state index in [9.17, 15) is 117 Å². The van der Waals surface area contributed by atoms with Crippen LogP contribution in [0.4, 0.5) is 0 Å². The molecule has 22 aliphatic heterocycles. The predicted octanol–water partition coefficient (Wildman–Crippen LogP) is -11.6. The minimum atomic E-state index is -2.34. The molecule has 0 aromatic carbocycles. The number of nitrogens with one attached hydrogen (secondary N) is 2. The van der Waals surface area contributed by atoms with Gasteiger partial charge in [0, 0.05) is 25.9 Å². The third kappa shape index (κ3) is 18.3. The third-order valence-corrected chi connectivity index (χ3v) is 20.1. The summed E-state index contributed by atoms with van der Waals surface area (Å²) < 4.78 is 81.9. The quantitative estimate of drug-likeness (QED) is 0.0272. The van der Waals surface area contributed by atoms with Gasteiger partial charge in [-0.25, -0.2) is 4.74 Å². The molecule has 14 bridgehead atoms. The summed E-state index contributed by atoms with van der Waals surface area (Å²) in [6.45, 7) is -5.00. The van der Waals surface area contributed by atoms with Gasteiger partial charge in [-0.1, -0.05) is 64.7 Å². The van der Waals surface area contributed by atoms with Gasteiger partial charge in [0.1, 0.15) is 177 Å². The van der Waals surface area contributed by atoms with Crippen molar-refractivity contribution < 1.29 is 183 Å². The summed E-state index contributed by atoms with van der Waals surface area (Å²) in [7, 11) is 0. The third-order valence-electron chi connectivity index (χ3n) is 20.1. The first-order chi connectivity index (χ1) is 48.3. The Morgan fingerprint density at radius 1 is 0.366 bits per heavy atom. The number of carbonyl (C=O) groups excluding carboxylic acids is 2.